The van der Waals surface area contributed by atoms with Gasteiger partial charge in [-0.15, -0.1) is 0 Å². The van der Waals surface area contributed by atoms with Crippen molar-refractivity contribution in [2.24, 2.45) is 7.05 Å². The smallest absolute Gasteiger partial charge is 0.320 e. The summed E-state index contributed by atoms with van der Waals surface area (Å²) < 4.78 is 32.2. The molecule has 0 aliphatic rings. The Hall–Kier alpha value is -3.44. The Morgan fingerprint density at radius 1 is 1.20 bits per heavy atom. The lowest BCUT2D eigenvalue weighted by atomic mass is 10.2. The molecule has 0 bridgehead atoms. The van der Waals surface area contributed by atoms with Crippen molar-refractivity contribution in [1.29, 1.82) is 0 Å². The van der Waals surface area contributed by atoms with Gasteiger partial charge in [0.1, 0.15) is 11.9 Å². The molecule has 30 heavy (non-hydrogen) atoms. The van der Waals surface area contributed by atoms with Gasteiger partial charge in [-0.3, -0.25) is 19.6 Å². The van der Waals surface area contributed by atoms with Crippen LogP contribution in [0.1, 0.15) is 10.5 Å². The van der Waals surface area contributed by atoms with E-state index in [4.69, 9.17) is 16.3 Å². The Bertz CT molecular complexity index is 1240. The van der Waals surface area contributed by atoms with E-state index in [1.165, 1.54) is 56.6 Å². The summed E-state index contributed by atoms with van der Waals surface area (Å²) in [6, 6.07) is 9.49. The quantitative estimate of drug-likeness (QED) is 0.450. The third kappa shape index (κ3) is 4.26. The summed E-state index contributed by atoms with van der Waals surface area (Å²) in [6.45, 7) is 0. The van der Waals surface area contributed by atoms with Gasteiger partial charge in [0.15, 0.2) is 0 Å². The van der Waals surface area contributed by atoms with E-state index >= 15 is 0 Å². The summed E-state index contributed by atoms with van der Waals surface area (Å²) in [5.41, 5.74) is -0.828. The van der Waals surface area contributed by atoms with Crippen LogP contribution in [0, 0.1) is 10.1 Å². The fraction of sp³-hybridized carbons (Fsp3) is 0.111. The number of halogens is 1. The van der Waals surface area contributed by atoms with Crippen LogP contribution in [0.5, 0.6) is 5.75 Å². The number of aromatic nitrogens is 2. The molecule has 3 aromatic rings. The largest absolute Gasteiger partial charge is 0.497 e. The van der Waals surface area contributed by atoms with Crippen molar-refractivity contribution in [3.8, 4) is 5.75 Å². The van der Waals surface area contributed by atoms with Crippen molar-refractivity contribution in [2.75, 3.05) is 12.4 Å². The van der Waals surface area contributed by atoms with Crippen LogP contribution < -0.4 is 10.1 Å². The van der Waals surface area contributed by atoms with Gasteiger partial charge in [0.25, 0.3) is 5.91 Å². The topological polar surface area (TPSA) is 133 Å². The van der Waals surface area contributed by atoms with E-state index in [9.17, 15) is 23.3 Å². The number of nitrogens with zero attached hydrogens (tertiary/aromatic N) is 3. The monoisotopic (exact) mass is 450 g/mol. The summed E-state index contributed by atoms with van der Waals surface area (Å²) >= 11 is 5.82. The number of rotatable bonds is 6. The van der Waals surface area contributed by atoms with Crippen LogP contribution in [0.15, 0.2) is 58.5 Å². The average molecular weight is 451 g/mol. The molecule has 1 aromatic heterocycles. The van der Waals surface area contributed by atoms with Gasteiger partial charge >= 0.3 is 5.69 Å². The maximum atomic E-state index is 13.0. The summed E-state index contributed by atoms with van der Waals surface area (Å²) in [6.07, 6.45) is 1.09. The summed E-state index contributed by atoms with van der Waals surface area (Å²) in [7, 11) is -1.17. The van der Waals surface area contributed by atoms with Crippen LogP contribution in [-0.4, -0.2) is 36.1 Å². The molecule has 0 atom stereocenters. The standard InChI is InChI=1S/C18H15ClN4O6S/c1-22-10-16(23(25)26)17(21-22)18(24)20-12-7-13(29-2)9-15(8-12)30(27,28)14-5-3-11(19)4-6-14/h3-10H,1-2H3,(H,20,24). The van der Waals surface area contributed by atoms with E-state index in [2.05, 4.69) is 10.4 Å². The molecule has 0 aliphatic carbocycles. The lowest BCUT2D eigenvalue weighted by Gasteiger charge is -2.11. The fourth-order valence-electron chi connectivity index (χ4n) is 2.63. The number of benzene rings is 2. The molecule has 1 amide bonds. The molecule has 0 unspecified atom stereocenters. The Kier molecular flexibility index (Phi) is 5.76. The van der Waals surface area contributed by atoms with Gasteiger partial charge in [-0.2, -0.15) is 5.10 Å². The zero-order chi connectivity index (χ0) is 22.1. The van der Waals surface area contributed by atoms with Gasteiger partial charge in [-0.25, -0.2) is 8.42 Å². The number of carbonyl (C=O) groups is 1. The van der Waals surface area contributed by atoms with E-state index in [1.807, 2.05) is 0 Å². The van der Waals surface area contributed by atoms with Crippen LogP contribution in [0.4, 0.5) is 11.4 Å². The van der Waals surface area contributed by atoms with Crippen molar-refractivity contribution >= 4 is 38.7 Å². The molecule has 156 valence electrons. The highest BCUT2D eigenvalue weighted by Gasteiger charge is 2.26. The molecule has 0 aliphatic heterocycles. The normalized spacial score (nSPS) is 11.2. The van der Waals surface area contributed by atoms with Gasteiger partial charge in [0.2, 0.25) is 15.5 Å². The third-order valence-electron chi connectivity index (χ3n) is 4.03. The first-order chi connectivity index (χ1) is 14.1. The number of sulfone groups is 1. The third-order valence-corrected chi connectivity index (χ3v) is 6.03. The molecule has 0 saturated carbocycles. The Balaban J connectivity index is 2.00. The fourth-order valence-corrected chi connectivity index (χ4v) is 4.07. The average Bonchev–Trinajstić information content (AvgIpc) is 3.10. The van der Waals surface area contributed by atoms with Crippen LogP contribution in [0.3, 0.4) is 0 Å². The number of aryl methyl sites for hydroxylation is 1. The molecule has 0 spiro atoms. The maximum Gasteiger partial charge on any atom is 0.320 e. The number of ether oxygens (including phenoxy) is 1. The molecule has 3 rings (SSSR count). The number of methoxy groups -OCH3 is 1. The second-order valence-corrected chi connectivity index (χ2v) is 8.49. The summed E-state index contributed by atoms with van der Waals surface area (Å²) in [5.74, 6) is -0.707. The summed E-state index contributed by atoms with van der Waals surface area (Å²) in [5, 5.41) is 17.7. The second kappa shape index (κ2) is 8.13. The van der Waals surface area contributed by atoms with Crippen LogP contribution >= 0.6 is 11.6 Å². The van der Waals surface area contributed by atoms with Gasteiger partial charge in [0, 0.05) is 23.8 Å². The minimum absolute atomic E-state index is 0.00204. The molecule has 2 aromatic carbocycles. The number of hydrogen-bond acceptors (Lipinski definition) is 7. The van der Waals surface area contributed by atoms with Crippen LogP contribution in [0.25, 0.3) is 0 Å². The highest BCUT2D eigenvalue weighted by Crippen LogP contribution is 2.29. The van der Waals surface area contributed by atoms with Crippen molar-refractivity contribution in [3.05, 3.63) is 69.5 Å². The first-order valence-corrected chi connectivity index (χ1v) is 10.2. The van der Waals surface area contributed by atoms with Gasteiger partial charge in [-0.05, 0) is 36.4 Å². The summed E-state index contributed by atoms with van der Waals surface area (Å²) in [4.78, 5) is 22.8. The van der Waals surface area contributed by atoms with Gasteiger partial charge < -0.3 is 10.1 Å². The first-order valence-electron chi connectivity index (χ1n) is 8.31. The van der Waals surface area contributed by atoms with E-state index in [-0.39, 0.29) is 21.2 Å². The molecule has 0 radical (unpaired) electrons. The molecular weight excluding hydrogens is 436 g/mol. The number of nitro groups is 1. The van der Waals surface area contributed by atoms with Crippen molar-refractivity contribution < 1.29 is 22.9 Å². The number of nitrogens with one attached hydrogen (secondary N) is 1. The second-order valence-electron chi connectivity index (χ2n) is 6.10. The number of anilines is 1. The highest BCUT2D eigenvalue weighted by atomic mass is 35.5. The van der Waals surface area contributed by atoms with E-state index in [1.54, 1.807) is 0 Å². The molecule has 1 N–H and O–H groups in total. The SMILES string of the molecule is COc1cc(NC(=O)c2nn(C)cc2[N+](=O)[O-])cc(S(=O)(=O)c2ccc(Cl)cc2)c1. The van der Waals surface area contributed by atoms with E-state index in [0.717, 1.165) is 10.9 Å². The van der Waals surface area contributed by atoms with E-state index < -0.39 is 32.0 Å². The minimum Gasteiger partial charge on any atom is -0.497 e. The molecular formula is C18H15ClN4O6S. The van der Waals surface area contributed by atoms with E-state index in [0.29, 0.717) is 5.02 Å². The lowest BCUT2D eigenvalue weighted by Crippen LogP contribution is -2.15. The highest BCUT2D eigenvalue weighted by molar-refractivity contribution is 7.91. The molecule has 0 fully saturated rings. The molecule has 10 nitrogen and oxygen atoms in total. The molecule has 12 heteroatoms. The zero-order valence-electron chi connectivity index (χ0n) is 15.7. The van der Waals surface area contributed by atoms with Gasteiger partial charge in [-0.1, -0.05) is 11.6 Å². The first kappa shape index (κ1) is 21.3. The zero-order valence-corrected chi connectivity index (χ0v) is 17.3. The minimum atomic E-state index is -3.95. The molecule has 0 saturated heterocycles. The van der Waals surface area contributed by atoms with Crippen LogP contribution in [0.2, 0.25) is 5.02 Å². The lowest BCUT2D eigenvalue weighted by molar-refractivity contribution is -0.385. The van der Waals surface area contributed by atoms with Crippen molar-refractivity contribution in [3.63, 3.8) is 0 Å². The van der Waals surface area contributed by atoms with Crippen molar-refractivity contribution in [2.45, 2.75) is 9.79 Å². The predicted octanol–water partition coefficient (Wildman–Crippen LogP) is 3.08. The Morgan fingerprint density at radius 3 is 2.47 bits per heavy atom. The Morgan fingerprint density at radius 2 is 1.87 bits per heavy atom. The number of hydrogen-bond donors (Lipinski definition) is 1. The van der Waals surface area contributed by atoms with Gasteiger partial charge in [0.05, 0.1) is 21.8 Å². The molecule has 1 heterocycles. The predicted molar refractivity (Wildman–Crippen MR) is 108 cm³/mol. The Labute approximate surface area is 176 Å². The number of carbonyl (C=O) groups excluding carboxylic acids is 1. The van der Waals surface area contributed by atoms with Crippen LogP contribution in [-0.2, 0) is 16.9 Å². The van der Waals surface area contributed by atoms with Crippen molar-refractivity contribution in [1.82, 2.24) is 9.78 Å². The maximum absolute atomic E-state index is 13.0. The number of amides is 1.